The minimum Gasteiger partial charge on any atom is -0.368 e. The second kappa shape index (κ2) is 8.32. The van der Waals surface area contributed by atoms with Crippen molar-refractivity contribution < 1.29 is 9.18 Å². The third-order valence-corrected chi connectivity index (χ3v) is 4.40. The van der Waals surface area contributed by atoms with Gasteiger partial charge in [-0.1, -0.05) is 0 Å². The number of aromatic nitrogens is 1. The van der Waals surface area contributed by atoms with Gasteiger partial charge in [-0.3, -0.25) is 9.78 Å². The Hall–Kier alpha value is -3.40. The summed E-state index contributed by atoms with van der Waals surface area (Å²) in [5.74, 6) is -0.573. The van der Waals surface area contributed by atoms with Crippen molar-refractivity contribution >= 4 is 17.3 Å². The number of carbonyl (C=O) groups is 1. The Morgan fingerprint density at radius 3 is 2.48 bits per heavy atom. The lowest BCUT2D eigenvalue weighted by atomic mass is 10.2. The molecule has 0 spiro atoms. The fraction of sp³-hybridized carbons (Fsp3) is 0.250. The van der Waals surface area contributed by atoms with E-state index >= 15 is 0 Å². The molecule has 7 heteroatoms. The topological polar surface area (TPSA) is 72.3 Å². The monoisotopic (exact) mass is 365 g/mol. The first kappa shape index (κ1) is 18.4. The number of hydrogen-bond acceptors (Lipinski definition) is 5. The van der Waals surface area contributed by atoms with Gasteiger partial charge in [0.05, 0.1) is 11.9 Å². The van der Waals surface area contributed by atoms with Gasteiger partial charge in [-0.25, -0.2) is 4.39 Å². The predicted octanol–water partition coefficient (Wildman–Crippen LogP) is 2.70. The molecule has 0 bridgehead atoms. The standard InChI is InChI=1S/C20H20FN5O/c1-15-2-5-18(14-23-15)24-13-16(12-22)20(27)26-10-8-25(9-11-26)19-6-3-17(21)4-7-19/h2-7,13-14,24H,8-11H2,1H3/b16-13-. The van der Waals surface area contributed by atoms with Gasteiger partial charge in [0.15, 0.2) is 0 Å². The zero-order valence-electron chi connectivity index (χ0n) is 15.0. The number of piperazine rings is 1. The van der Waals surface area contributed by atoms with Crippen molar-refractivity contribution in [3.8, 4) is 6.07 Å². The van der Waals surface area contributed by atoms with Crippen molar-refractivity contribution in [3.05, 3.63) is 65.9 Å². The van der Waals surface area contributed by atoms with Crippen LogP contribution in [0, 0.1) is 24.1 Å². The first-order valence-corrected chi connectivity index (χ1v) is 8.66. The number of pyridine rings is 1. The van der Waals surface area contributed by atoms with Crippen LogP contribution >= 0.6 is 0 Å². The van der Waals surface area contributed by atoms with Crippen molar-refractivity contribution in [2.75, 3.05) is 36.4 Å². The lowest BCUT2D eigenvalue weighted by Crippen LogP contribution is -2.49. The third-order valence-electron chi connectivity index (χ3n) is 4.40. The van der Waals surface area contributed by atoms with Gasteiger partial charge in [0.25, 0.3) is 5.91 Å². The summed E-state index contributed by atoms with van der Waals surface area (Å²) in [6.45, 7) is 4.15. The maximum absolute atomic E-state index is 13.0. The second-order valence-corrected chi connectivity index (χ2v) is 6.26. The molecular formula is C20H20FN5O. The van der Waals surface area contributed by atoms with Crippen LogP contribution < -0.4 is 10.2 Å². The molecule has 1 amide bonds. The summed E-state index contributed by atoms with van der Waals surface area (Å²) in [6.07, 6.45) is 3.06. The largest absolute Gasteiger partial charge is 0.368 e. The maximum Gasteiger partial charge on any atom is 0.266 e. The minimum absolute atomic E-state index is 0.0470. The van der Waals surface area contributed by atoms with Crippen molar-refractivity contribution in [3.63, 3.8) is 0 Å². The molecule has 27 heavy (non-hydrogen) atoms. The van der Waals surface area contributed by atoms with Crippen molar-refractivity contribution in [1.29, 1.82) is 5.26 Å². The molecule has 1 aliphatic rings. The van der Waals surface area contributed by atoms with Crippen LogP contribution in [0.15, 0.2) is 54.4 Å². The minimum atomic E-state index is -0.302. The lowest BCUT2D eigenvalue weighted by molar-refractivity contribution is -0.127. The molecule has 0 saturated carbocycles. The molecule has 1 N–H and O–H groups in total. The van der Waals surface area contributed by atoms with E-state index in [0.29, 0.717) is 31.9 Å². The summed E-state index contributed by atoms with van der Waals surface area (Å²) in [7, 11) is 0. The van der Waals surface area contributed by atoms with Crippen LogP contribution in [0.25, 0.3) is 0 Å². The summed E-state index contributed by atoms with van der Waals surface area (Å²) >= 11 is 0. The number of anilines is 2. The van der Waals surface area contributed by atoms with Gasteiger partial charge in [-0.15, -0.1) is 0 Å². The number of amides is 1. The molecule has 0 aliphatic carbocycles. The number of nitriles is 1. The lowest BCUT2D eigenvalue weighted by Gasteiger charge is -2.36. The molecule has 138 valence electrons. The Kier molecular flexibility index (Phi) is 5.67. The molecule has 0 atom stereocenters. The number of nitrogens with zero attached hydrogens (tertiary/aromatic N) is 4. The van der Waals surface area contributed by atoms with Gasteiger partial charge in [-0.05, 0) is 43.3 Å². The average molecular weight is 365 g/mol. The van der Waals surface area contributed by atoms with Crippen molar-refractivity contribution in [2.45, 2.75) is 6.92 Å². The van der Waals surface area contributed by atoms with E-state index in [2.05, 4.69) is 15.2 Å². The molecule has 0 radical (unpaired) electrons. The van der Waals surface area contributed by atoms with Crippen LogP contribution in [-0.4, -0.2) is 42.0 Å². The first-order valence-electron chi connectivity index (χ1n) is 8.66. The van der Waals surface area contributed by atoms with Crippen molar-refractivity contribution in [1.82, 2.24) is 9.88 Å². The normalized spacial score (nSPS) is 14.6. The fourth-order valence-electron chi connectivity index (χ4n) is 2.84. The van der Waals surface area contributed by atoms with Crippen molar-refractivity contribution in [2.24, 2.45) is 0 Å². The number of nitrogens with one attached hydrogen (secondary N) is 1. The molecule has 1 aromatic carbocycles. The van der Waals surface area contributed by atoms with Gasteiger partial charge < -0.3 is 15.1 Å². The van der Waals surface area contributed by atoms with Gasteiger partial charge >= 0.3 is 0 Å². The zero-order valence-corrected chi connectivity index (χ0v) is 15.0. The number of hydrogen-bond donors (Lipinski definition) is 1. The molecule has 1 aromatic heterocycles. The Morgan fingerprint density at radius 1 is 1.19 bits per heavy atom. The maximum atomic E-state index is 13.0. The fourth-order valence-corrected chi connectivity index (χ4v) is 2.84. The number of carbonyl (C=O) groups excluding carboxylic acids is 1. The Bertz CT molecular complexity index is 863. The van der Waals surface area contributed by atoms with E-state index in [0.717, 1.165) is 11.4 Å². The van der Waals surface area contributed by atoms with E-state index < -0.39 is 0 Å². The van der Waals surface area contributed by atoms with Crippen LogP contribution in [0.5, 0.6) is 0 Å². The van der Waals surface area contributed by atoms with Crippen LogP contribution in [0.3, 0.4) is 0 Å². The number of halogens is 1. The summed E-state index contributed by atoms with van der Waals surface area (Å²) in [6, 6.07) is 12.0. The van der Waals surface area contributed by atoms with E-state index in [-0.39, 0.29) is 17.3 Å². The first-order chi connectivity index (χ1) is 13.1. The predicted molar refractivity (Wildman–Crippen MR) is 101 cm³/mol. The summed E-state index contributed by atoms with van der Waals surface area (Å²) < 4.78 is 13.0. The molecular weight excluding hydrogens is 345 g/mol. The summed E-state index contributed by atoms with van der Waals surface area (Å²) in [5.41, 5.74) is 2.57. The van der Waals surface area contributed by atoms with Crippen LogP contribution in [-0.2, 0) is 4.79 Å². The Balaban J connectivity index is 1.59. The second-order valence-electron chi connectivity index (χ2n) is 6.26. The van der Waals surface area contributed by atoms with E-state index in [1.165, 1.54) is 18.3 Å². The third kappa shape index (κ3) is 4.61. The SMILES string of the molecule is Cc1ccc(N/C=C(/C#N)C(=O)N2CCN(c3ccc(F)cc3)CC2)cn1. The molecule has 1 saturated heterocycles. The van der Waals surface area contributed by atoms with Gasteiger partial charge in [0.2, 0.25) is 0 Å². The molecule has 2 heterocycles. The highest BCUT2D eigenvalue weighted by Gasteiger charge is 2.23. The highest BCUT2D eigenvalue weighted by molar-refractivity contribution is 5.97. The molecule has 2 aromatic rings. The van der Waals surface area contributed by atoms with E-state index in [4.69, 9.17) is 0 Å². The van der Waals surface area contributed by atoms with Gasteiger partial charge in [0.1, 0.15) is 17.5 Å². The zero-order chi connectivity index (χ0) is 19.2. The quantitative estimate of drug-likeness (QED) is 0.666. The van der Waals surface area contributed by atoms with Gasteiger partial charge in [-0.2, -0.15) is 5.26 Å². The molecule has 6 nitrogen and oxygen atoms in total. The molecule has 0 unspecified atom stereocenters. The van der Waals surface area contributed by atoms with Crippen LogP contribution in [0.4, 0.5) is 15.8 Å². The van der Waals surface area contributed by atoms with Crippen LogP contribution in [0.1, 0.15) is 5.69 Å². The number of rotatable bonds is 4. The van der Waals surface area contributed by atoms with E-state index in [1.807, 2.05) is 25.1 Å². The average Bonchev–Trinajstić information content (AvgIpc) is 2.70. The number of aryl methyl sites for hydroxylation is 1. The molecule has 3 rings (SSSR count). The van der Waals surface area contributed by atoms with E-state index in [1.54, 1.807) is 23.2 Å². The van der Waals surface area contributed by atoms with Gasteiger partial charge in [0, 0.05) is 43.8 Å². The Labute approximate surface area is 157 Å². The summed E-state index contributed by atoms with van der Waals surface area (Å²) in [4.78, 5) is 20.5. The molecule has 1 fully saturated rings. The molecule has 1 aliphatic heterocycles. The number of benzene rings is 1. The highest BCUT2D eigenvalue weighted by Crippen LogP contribution is 2.18. The summed E-state index contributed by atoms with van der Waals surface area (Å²) in [5, 5.41) is 12.3. The smallest absolute Gasteiger partial charge is 0.266 e. The van der Waals surface area contributed by atoms with Crippen LogP contribution in [0.2, 0.25) is 0 Å². The highest BCUT2D eigenvalue weighted by atomic mass is 19.1. The van der Waals surface area contributed by atoms with E-state index in [9.17, 15) is 14.4 Å². The Morgan fingerprint density at radius 2 is 1.89 bits per heavy atom.